The van der Waals surface area contributed by atoms with Crippen LogP contribution in [0, 0.1) is 6.92 Å². The van der Waals surface area contributed by atoms with E-state index >= 15 is 0 Å². The molecule has 3 amide bonds. The standard InChI is InChI=1S/C25H39N3O6S/c1-16(2)28(23(31)19(13-14-35-8)27-24(32)34-25(4,5)6)21(18-11-9-17(3)10-12-18)22(30)26-15-20(29)33-7/h9-12,16,19,21H,13-15H2,1-8H3,(H,26,30)(H,27,32). The van der Waals surface area contributed by atoms with E-state index in [2.05, 4.69) is 15.4 Å². The monoisotopic (exact) mass is 509 g/mol. The molecular formula is C25H39N3O6S. The molecule has 2 N–H and O–H groups in total. The summed E-state index contributed by atoms with van der Waals surface area (Å²) in [4.78, 5) is 52.8. The molecule has 0 saturated carbocycles. The van der Waals surface area contributed by atoms with Gasteiger partial charge in [0.15, 0.2) is 0 Å². The molecule has 2 atom stereocenters. The van der Waals surface area contributed by atoms with Gasteiger partial charge in [0, 0.05) is 6.04 Å². The van der Waals surface area contributed by atoms with Crippen molar-refractivity contribution < 1.29 is 28.7 Å². The van der Waals surface area contributed by atoms with Crippen molar-refractivity contribution in [1.29, 1.82) is 0 Å². The van der Waals surface area contributed by atoms with Crippen LogP contribution in [-0.2, 0) is 23.9 Å². The molecule has 0 bridgehead atoms. The van der Waals surface area contributed by atoms with Crippen molar-refractivity contribution in [2.24, 2.45) is 0 Å². The molecule has 1 aromatic rings. The predicted molar refractivity (Wildman–Crippen MR) is 137 cm³/mol. The fourth-order valence-electron chi connectivity index (χ4n) is 3.32. The number of benzene rings is 1. The molecule has 9 nitrogen and oxygen atoms in total. The quantitative estimate of drug-likeness (QED) is 0.440. The fraction of sp³-hybridized carbons (Fsp3) is 0.600. The third-order valence-corrected chi connectivity index (χ3v) is 5.61. The van der Waals surface area contributed by atoms with Gasteiger partial charge in [0.2, 0.25) is 11.8 Å². The van der Waals surface area contributed by atoms with E-state index in [0.29, 0.717) is 17.7 Å². The number of rotatable bonds is 11. The Labute approximate surface area is 212 Å². The van der Waals surface area contributed by atoms with Gasteiger partial charge < -0.3 is 25.0 Å². The first-order valence-corrected chi connectivity index (χ1v) is 12.9. The van der Waals surface area contributed by atoms with Crippen LogP contribution < -0.4 is 10.6 Å². The average molecular weight is 510 g/mol. The van der Waals surface area contributed by atoms with Crippen molar-refractivity contribution in [2.45, 2.75) is 71.7 Å². The molecule has 0 aromatic heterocycles. The molecule has 0 aliphatic carbocycles. The van der Waals surface area contributed by atoms with E-state index in [0.717, 1.165) is 5.56 Å². The normalized spacial score (nSPS) is 12.9. The zero-order chi connectivity index (χ0) is 26.8. The maximum atomic E-state index is 13.8. The molecule has 35 heavy (non-hydrogen) atoms. The Hall–Kier alpha value is -2.75. The molecule has 0 aliphatic heterocycles. The molecule has 0 spiro atoms. The lowest BCUT2D eigenvalue weighted by atomic mass is 9.99. The second-order valence-corrected chi connectivity index (χ2v) is 10.4. The Morgan fingerprint density at radius 3 is 2.17 bits per heavy atom. The third-order valence-electron chi connectivity index (χ3n) is 4.96. The zero-order valence-corrected chi connectivity index (χ0v) is 22.8. The van der Waals surface area contributed by atoms with Crippen LogP contribution in [0.15, 0.2) is 24.3 Å². The van der Waals surface area contributed by atoms with Crippen molar-refractivity contribution in [3.63, 3.8) is 0 Å². The number of carbonyl (C=O) groups is 4. The van der Waals surface area contributed by atoms with Crippen LogP contribution in [-0.4, -0.2) is 72.1 Å². The summed E-state index contributed by atoms with van der Waals surface area (Å²) in [6.45, 7) is 10.4. The van der Waals surface area contributed by atoms with Crippen LogP contribution in [0.25, 0.3) is 0 Å². The number of hydrogen-bond donors (Lipinski definition) is 2. The van der Waals surface area contributed by atoms with Crippen molar-refractivity contribution >= 4 is 35.6 Å². The summed E-state index contributed by atoms with van der Waals surface area (Å²) < 4.78 is 9.99. The van der Waals surface area contributed by atoms with Crippen molar-refractivity contribution in [1.82, 2.24) is 15.5 Å². The van der Waals surface area contributed by atoms with Gasteiger partial charge in [-0.25, -0.2) is 4.79 Å². The van der Waals surface area contributed by atoms with E-state index in [1.807, 2.05) is 25.3 Å². The average Bonchev–Trinajstić information content (AvgIpc) is 2.77. The van der Waals surface area contributed by atoms with Crippen LogP contribution in [0.5, 0.6) is 0 Å². The number of nitrogens with zero attached hydrogens (tertiary/aromatic N) is 1. The summed E-state index contributed by atoms with van der Waals surface area (Å²) in [5.74, 6) is -0.934. The molecule has 0 fully saturated rings. The van der Waals surface area contributed by atoms with Crippen LogP contribution in [0.1, 0.15) is 58.2 Å². The largest absolute Gasteiger partial charge is 0.468 e. The van der Waals surface area contributed by atoms with Crippen LogP contribution in [0.3, 0.4) is 0 Å². The molecule has 2 unspecified atom stereocenters. The molecule has 0 heterocycles. The summed E-state index contributed by atoms with van der Waals surface area (Å²) in [6.07, 6.45) is 1.56. The smallest absolute Gasteiger partial charge is 0.408 e. The molecule has 0 aliphatic rings. The van der Waals surface area contributed by atoms with Crippen LogP contribution in [0.4, 0.5) is 4.79 Å². The van der Waals surface area contributed by atoms with E-state index in [4.69, 9.17) is 4.74 Å². The lowest BCUT2D eigenvalue weighted by molar-refractivity contribution is -0.146. The van der Waals surface area contributed by atoms with Crippen LogP contribution >= 0.6 is 11.8 Å². The van der Waals surface area contributed by atoms with Gasteiger partial charge in [-0.15, -0.1) is 0 Å². The van der Waals surface area contributed by atoms with Crippen LogP contribution in [0.2, 0.25) is 0 Å². The lowest BCUT2D eigenvalue weighted by Crippen LogP contribution is -2.55. The molecule has 196 valence electrons. The summed E-state index contributed by atoms with van der Waals surface area (Å²) in [5.41, 5.74) is 0.850. The Kier molecular flexibility index (Phi) is 12.1. The van der Waals surface area contributed by atoms with Gasteiger partial charge in [-0.3, -0.25) is 14.4 Å². The summed E-state index contributed by atoms with van der Waals surface area (Å²) in [6, 6.07) is 4.93. The minimum absolute atomic E-state index is 0.329. The van der Waals surface area contributed by atoms with Gasteiger partial charge in [-0.2, -0.15) is 11.8 Å². The van der Waals surface area contributed by atoms with E-state index in [1.54, 1.807) is 58.5 Å². The number of carbonyl (C=O) groups excluding carboxylic acids is 4. The fourth-order valence-corrected chi connectivity index (χ4v) is 3.79. The Morgan fingerprint density at radius 1 is 1.09 bits per heavy atom. The number of alkyl carbamates (subject to hydrolysis) is 1. The lowest BCUT2D eigenvalue weighted by Gasteiger charge is -2.37. The highest BCUT2D eigenvalue weighted by molar-refractivity contribution is 7.98. The number of esters is 1. The summed E-state index contributed by atoms with van der Waals surface area (Å²) in [7, 11) is 1.23. The highest BCUT2D eigenvalue weighted by atomic mass is 32.2. The van der Waals surface area contributed by atoms with E-state index < -0.39 is 47.6 Å². The van der Waals surface area contributed by atoms with E-state index in [1.165, 1.54) is 12.0 Å². The molecule has 0 saturated heterocycles. The first-order chi connectivity index (χ1) is 16.3. The van der Waals surface area contributed by atoms with E-state index in [9.17, 15) is 19.2 Å². The highest BCUT2D eigenvalue weighted by Gasteiger charge is 2.37. The predicted octanol–water partition coefficient (Wildman–Crippen LogP) is 3.21. The number of nitrogens with one attached hydrogen (secondary N) is 2. The van der Waals surface area contributed by atoms with Crippen molar-refractivity contribution in [3.05, 3.63) is 35.4 Å². The van der Waals surface area contributed by atoms with Gasteiger partial charge in [-0.1, -0.05) is 29.8 Å². The molecule has 0 radical (unpaired) electrons. The Bertz CT molecular complexity index is 867. The minimum Gasteiger partial charge on any atom is -0.468 e. The molecule has 1 aromatic carbocycles. The van der Waals surface area contributed by atoms with E-state index in [-0.39, 0.29) is 6.54 Å². The number of amides is 3. The van der Waals surface area contributed by atoms with Gasteiger partial charge in [-0.05, 0) is 65.5 Å². The molecule has 10 heteroatoms. The van der Waals surface area contributed by atoms with Gasteiger partial charge in [0.1, 0.15) is 24.2 Å². The second kappa shape index (κ2) is 14.0. The molecular weight excluding hydrogens is 470 g/mol. The second-order valence-electron chi connectivity index (χ2n) is 9.43. The van der Waals surface area contributed by atoms with Gasteiger partial charge >= 0.3 is 12.1 Å². The minimum atomic E-state index is -1.02. The highest BCUT2D eigenvalue weighted by Crippen LogP contribution is 2.26. The summed E-state index contributed by atoms with van der Waals surface area (Å²) >= 11 is 1.54. The first-order valence-electron chi connectivity index (χ1n) is 11.5. The number of thioether (sulfide) groups is 1. The van der Waals surface area contributed by atoms with Crippen molar-refractivity contribution in [3.8, 4) is 0 Å². The Balaban J connectivity index is 3.39. The molecule has 1 rings (SSSR count). The van der Waals surface area contributed by atoms with Crippen molar-refractivity contribution in [2.75, 3.05) is 25.7 Å². The zero-order valence-electron chi connectivity index (χ0n) is 22.0. The SMILES string of the molecule is COC(=O)CNC(=O)C(c1ccc(C)cc1)N(C(=O)C(CCSC)NC(=O)OC(C)(C)C)C(C)C. The Morgan fingerprint density at radius 2 is 1.69 bits per heavy atom. The summed E-state index contributed by atoms with van der Waals surface area (Å²) in [5, 5.41) is 5.25. The topological polar surface area (TPSA) is 114 Å². The number of ether oxygens (including phenoxy) is 2. The maximum Gasteiger partial charge on any atom is 0.408 e. The first kappa shape index (κ1) is 30.3. The van der Waals surface area contributed by atoms with Gasteiger partial charge in [0.05, 0.1) is 7.11 Å². The maximum absolute atomic E-state index is 13.8. The number of hydrogen-bond acceptors (Lipinski definition) is 7. The number of aryl methyl sites for hydroxylation is 1. The number of methoxy groups -OCH3 is 1. The van der Waals surface area contributed by atoms with Gasteiger partial charge in [0.25, 0.3) is 0 Å². The third kappa shape index (κ3) is 10.2.